The number of carbonyl (C=O) groups is 4. The van der Waals surface area contributed by atoms with E-state index in [0.717, 1.165) is 0 Å². The van der Waals surface area contributed by atoms with E-state index in [4.69, 9.17) is 37.9 Å². The third-order valence-corrected chi connectivity index (χ3v) is 11.7. The van der Waals surface area contributed by atoms with Crippen molar-refractivity contribution in [1.82, 2.24) is 15.3 Å². The van der Waals surface area contributed by atoms with Crippen molar-refractivity contribution in [2.45, 2.75) is 20.4 Å². The number of ether oxygens (including phenoxy) is 8. The monoisotopic (exact) mass is 972 g/mol. The molecule has 4 aromatic carbocycles. The Morgan fingerprint density at radius 2 is 0.972 bits per heavy atom. The number of carbonyl (C=O) groups excluding carboxylic acids is 4. The van der Waals surface area contributed by atoms with Crippen LogP contribution in [0.15, 0.2) is 156 Å². The van der Waals surface area contributed by atoms with Crippen molar-refractivity contribution in [1.29, 1.82) is 0 Å². The van der Waals surface area contributed by atoms with Crippen molar-refractivity contribution in [2.24, 2.45) is 0 Å². The van der Waals surface area contributed by atoms with Crippen molar-refractivity contribution in [3.63, 3.8) is 0 Å². The summed E-state index contributed by atoms with van der Waals surface area (Å²) in [5, 5.41) is 6.00. The third kappa shape index (κ3) is 11.3. The Labute approximate surface area is 416 Å². The lowest BCUT2D eigenvalue weighted by atomic mass is 9.79. The van der Waals surface area contributed by atoms with Crippen molar-refractivity contribution in [3.05, 3.63) is 184 Å². The van der Waals surface area contributed by atoms with Crippen LogP contribution in [0.1, 0.15) is 41.7 Å². The van der Waals surface area contributed by atoms with Crippen LogP contribution in [0.3, 0.4) is 0 Å². The number of hydrogen-bond acceptors (Lipinski definition) is 14. The first-order valence-corrected chi connectivity index (χ1v) is 22.3. The maximum absolute atomic E-state index is 15.9. The summed E-state index contributed by atoms with van der Waals surface area (Å²) in [6.07, 6.45) is 6.16. The number of fused-ring (bicyclic) bond motifs is 1. The predicted octanol–water partition coefficient (Wildman–Crippen LogP) is 8.70. The molecule has 0 atom stereocenters. The molecule has 2 aromatic heterocycles. The Bertz CT molecular complexity index is 3090. The summed E-state index contributed by atoms with van der Waals surface area (Å²) in [5.41, 5.74) is 1.85. The fraction of sp³-hybridized carbons (Fsp3) is 0.179. The number of benzene rings is 4. The first kappa shape index (κ1) is 50.7. The number of rotatable bonds is 18. The lowest BCUT2D eigenvalue weighted by Crippen LogP contribution is -2.30. The zero-order chi connectivity index (χ0) is 51.3. The van der Waals surface area contributed by atoms with Crippen LogP contribution < -0.4 is 39.1 Å². The Kier molecular flexibility index (Phi) is 16.5. The van der Waals surface area contributed by atoms with Crippen molar-refractivity contribution in [3.8, 4) is 34.5 Å². The van der Waals surface area contributed by atoms with Crippen LogP contribution in [0.4, 0.5) is 5.69 Å². The minimum Gasteiger partial charge on any atom is -0.497 e. The SMILES string of the molecule is COC(=O)C(C(C(=O)NCc1ccncc1)=C(/C(=C(C(=O)Nc1ccncc1)/C(C(=O)OC)=C(\C)c1cc(OC)cc(OC)c1)c1ccc2c(c1)OCO2)c1ccccc1)=C(C)c1cc(OC)cc(OC)c1. The number of amides is 2. The molecule has 1 aliphatic rings. The van der Waals surface area contributed by atoms with E-state index in [1.807, 2.05) is 0 Å². The fourth-order valence-corrected chi connectivity index (χ4v) is 8.01. The summed E-state index contributed by atoms with van der Waals surface area (Å²) in [4.78, 5) is 69.9. The molecule has 0 radical (unpaired) electrons. The molecule has 6 aromatic rings. The van der Waals surface area contributed by atoms with E-state index in [2.05, 4.69) is 20.6 Å². The largest absolute Gasteiger partial charge is 0.497 e. The number of nitrogens with zero attached hydrogens (tertiary/aromatic N) is 2. The first-order chi connectivity index (χ1) is 34.9. The average Bonchev–Trinajstić information content (AvgIpc) is 3.91. The van der Waals surface area contributed by atoms with E-state index in [-0.39, 0.29) is 69.2 Å². The quantitative estimate of drug-likeness (QED) is 0.0472. The molecule has 0 bridgehead atoms. The van der Waals surface area contributed by atoms with Gasteiger partial charge in [0.15, 0.2) is 11.5 Å². The van der Waals surface area contributed by atoms with Gasteiger partial charge in [-0.25, -0.2) is 9.59 Å². The lowest BCUT2D eigenvalue weighted by molar-refractivity contribution is -0.136. The highest BCUT2D eigenvalue weighted by molar-refractivity contribution is 6.31. The summed E-state index contributed by atoms with van der Waals surface area (Å²) in [5.74, 6) is -1.25. The average molecular weight is 973 g/mol. The standard InChI is InChI=1S/C56H52N4O12/c1-33(38-24-41(65-3)29-42(25-38)66-4)47(55(63)69-7)51(53(61)59-31-35-16-20-57-21-17-35)49(36-12-10-9-11-13-36)50(37-14-15-45-46(28-37)72-32-71-45)52(54(62)60-40-18-22-58-23-19-40)48(56(64)70-8)34(2)39-26-43(67-5)30-44(27-39)68-6/h9-30H,31-32H2,1-8H3,(H,59,61)(H,58,60,62)/b47-33?,48-34-,51-49?,52-50-. The van der Waals surface area contributed by atoms with Gasteiger partial charge < -0.3 is 48.5 Å². The maximum atomic E-state index is 15.9. The predicted molar refractivity (Wildman–Crippen MR) is 270 cm³/mol. The molecule has 3 heterocycles. The molecule has 0 aliphatic carbocycles. The molecule has 368 valence electrons. The summed E-state index contributed by atoms with van der Waals surface area (Å²) < 4.78 is 45.5. The second-order valence-electron chi connectivity index (χ2n) is 15.8. The molecule has 1 aliphatic heterocycles. The molecule has 2 amide bonds. The van der Waals surface area contributed by atoms with Crippen LogP contribution in [0.25, 0.3) is 22.3 Å². The van der Waals surface area contributed by atoms with Gasteiger partial charge in [0.25, 0.3) is 11.8 Å². The number of methoxy groups -OCH3 is 6. The summed E-state index contributed by atoms with van der Waals surface area (Å²) in [6, 6.07) is 30.3. The van der Waals surface area contributed by atoms with Crippen LogP contribution in [-0.2, 0) is 35.2 Å². The molecule has 16 heteroatoms. The van der Waals surface area contributed by atoms with Crippen LogP contribution >= 0.6 is 0 Å². The molecule has 7 rings (SSSR count). The second-order valence-corrected chi connectivity index (χ2v) is 15.8. The van der Waals surface area contributed by atoms with Crippen molar-refractivity contribution < 1.29 is 57.1 Å². The Hall–Kier alpha value is -9.18. The third-order valence-electron chi connectivity index (χ3n) is 11.7. The number of allylic oxidation sites excluding steroid dienone is 4. The van der Waals surface area contributed by atoms with Gasteiger partial charge in [0, 0.05) is 60.3 Å². The van der Waals surface area contributed by atoms with E-state index in [0.29, 0.717) is 56.7 Å². The van der Waals surface area contributed by atoms with Gasteiger partial charge in [0.2, 0.25) is 6.79 Å². The number of anilines is 1. The van der Waals surface area contributed by atoms with Crippen molar-refractivity contribution >= 4 is 51.7 Å². The van der Waals surface area contributed by atoms with Gasteiger partial charge in [0.05, 0.1) is 65.0 Å². The number of aromatic nitrogens is 2. The van der Waals surface area contributed by atoms with E-state index in [9.17, 15) is 9.59 Å². The van der Waals surface area contributed by atoms with Gasteiger partial charge in [-0.15, -0.1) is 0 Å². The molecule has 16 nitrogen and oxygen atoms in total. The Morgan fingerprint density at radius 1 is 0.500 bits per heavy atom. The van der Waals surface area contributed by atoms with Crippen molar-refractivity contribution in [2.75, 3.05) is 54.8 Å². The highest BCUT2D eigenvalue weighted by Gasteiger charge is 2.37. The van der Waals surface area contributed by atoms with Gasteiger partial charge in [-0.1, -0.05) is 36.4 Å². The zero-order valence-corrected chi connectivity index (χ0v) is 40.9. The highest BCUT2D eigenvalue weighted by Crippen LogP contribution is 2.47. The summed E-state index contributed by atoms with van der Waals surface area (Å²) in [7, 11) is 8.33. The first-order valence-electron chi connectivity index (χ1n) is 22.3. The lowest BCUT2D eigenvalue weighted by Gasteiger charge is -2.26. The molecule has 72 heavy (non-hydrogen) atoms. The molecule has 2 N–H and O–H groups in total. The number of esters is 2. The molecular weight excluding hydrogens is 921 g/mol. The van der Waals surface area contributed by atoms with Gasteiger partial charge in [-0.3, -0.25) is 19.6 Å². The van der Waals surface area contributed by atoms with E-state index in [1.54, 1.807) is 135 Å². The Morgan fingerprint density at radius 3 is 1.47 bits per heavy atom. The smallest absolute Gasteiger partial charge is 0.338 e. The van der Waals surface area contributed by atoms with Gasteiger partial charge in [-0.05, 0) is 113 Å². The topological polar surface area (TPSA) is 192 Å². The van der Waals surface area contributed by atoms with Gasteiger partial charge in [-0.2, -0.15) is 0 Å². The maximum Gasteiger partial charge on any atom is 0.338 e. The van der Waals surface area contributed by atoms with E-state index < -0.39 is 23.8 Å². The molecule has 0 saturated heterocycles. The van der Waals surface area contributed by atoms with Crippen LogP contribution in [0.5, 0.6) is 34.5 Å². The summed E-state index contributed by atoms with van der Waals surface area (Å²) >= 11 is 0. The minimum absolute atomic E-state index is 0.00797. The minimum atomic E-state index is -0.938. The number of nitrogens with one attached hydrogen (secondary N) is 2. The summed E-state index contributed by atoms with van der Waals surface area (Å²) in [6.45, 7) is 3.15. The van der Waals surface area contributed by atoms with Crippen LogP contribution in [0.2, 0.25) is 0 Å². The number of hydrogen-bond donors (Lipinski definition) is 2. The highest BCUT2D eigenvalue weighted by atomic mass is 16.7. The van der Waals surface area contributed by atoms with Gasteiger partial charge >= 0.3 is 11.9 Å². The van der Waals surface area contributed by atoms with Crippen LogP contribution in [0, 0.1) is 0 Å². The number of pyridine rings is 2. The fourth-order valence-electron chi connectivity index (χ4n) is 8.01. The molecule has 0 saturated carbocycles. The van der Waals surface area contributed by atoms with Crippen LogP contribution in [-0.4, -0.2) is 83.2 Å². The molecule has 0 unspecified atom stereocenters. The second kappa shape index (κ2) is 23.4. The Balaban J connectivity index is 1.79. The molecular formula is C56H52N4O12. The van der Waals surface area contributed by atoms with Gasteiger partial charge in [0.1, 0.15) is 23.0 Å². The molecule has 0 spiro atoms. The molecule has 0 fully saturated rings. The van der Waals surface area contributed by atoms with E-state index >= 15 is 9.59 Å². The normalized spacial score (nSPS) is 12.9. The zero-order valence-electron chi connectivity index (χ0n) is 40.9. The van der Waals surface area contributed by atoms with E-state index in [1.165, 1.54) is 55.1 Å².